The summed E-state index contributed by atoms with van der Waals surface area (Å²) >= 11 is 1.85. The molecular formula is C16H32N4O2S. The number of piperidine rings is 1. The number of ether oxygens (including phenoxy) is 1. The monoisotopic (exact) mass is 344 g/mol. The van der Waals surface area contributed by atoms with Gasteiger partial charge in [0.25, 0.3) is 0 Å². The van der Waals surface area contributed by atoms with Crippen molar-refractivity contribution in [3.63, 3.8) is 0 Å². The molecule has 1 amide bonds. The number of rotatable bonds is 5. The zero-order valence-electron chi connectivity index (χ0n) is 15.1. The summed E-state index contributed by atoms with van der Waals surface area (Å²) in [7, 11) is 1.78. The lowest BCUT2D eigenvalue weighted by molar-refractivity contribution is 0.0193. The van der Waals surface area contributed by atoms with E-state index in [2.05, 4.69) is 21.9 Å². The van der Waals surface area contributed by atoms with Crippen molar-refractivity contribution in [2.24, 2.45) is 4.99 Å². The number of nitrogens with one attached hydrogen (secondary N) is 2. The Bertz CT molecular complexity index is 396. The Morgan fingerprint density at radius 2 is 2.17 bits per heavy atom. The van der Waals surface area contributed by atoms with Gasteiger partial charge in [-0.05, 0) is 52.0 Å². The first-order valence-corrected chi connectivity index (χ1v) is 9.69. The quantitative estimate of drug-likeness (QED) is 0.455. The van der Waals surface area contributed by atoms with Crippen molar-refractivity contribution in [2.45, 2.75) is 51.7 Å². The second kappa shape index (κ2) is 9.90. The highest BCUT2D eigenvalue weighted by Crippen LogP contribution is 2.15. The number of aliphatic imine (C=N–C) groups is 1. The lowest BCUT2D eigenvalue weighted by Gasteiger charge is -2.35. The van der Waals surface area contributed by atoms with E-state index in [-0.39, 0.29) is 12.1 Å². The van der Waals surface area contributed by atoms with E-state index >= 15 is 0 Å². The third kappa shape index (κ3) is 8.34. The van der Waals surface area contributed by atoms with E-state index in [9.17, 15) is 4.79 Å². The molecule has 7 heteroatoms. The zero-order valence-corrected chi connectivity index (χ0v) is 16.0. The largest absolute Gasteiger partial charge is 0.444 e. The SMILES string of the molecule is CN=C(NCCCSC)NC1CCCN(C(=O)OC(C)(C)C)C1. The minimum absolute atomic E-state index is 0.211. The standard InChI is InChI=1S/C16H32N4O2S/c1-16(2,3)22-15(21)20-10-6-8-13(12-20)19-14(17-4)18-9-7-11-23-5/h13H,6-12H2,1-5H3,(H2,17,18,19). The topological polar surface area (TPSA) is 66.0 Å². The summed E-state index contributed by atoms with van der Waals surface area (Å²) in [4.78, 5) is 18.2. The zero-order chi connectivity index (χ0) is 17.3. The Hall–Kier alpha value is -1.11. The number of carbonyl (C=O) groups is 1. The molecule has 134 valence electrons. The summed E-state index contributed by atoms with van der Waals surface area (Å²) in [6.45, 7) is 8.00. The van der Waals surface area contributed by atoms with Crippen LogP contribution >= 0.6 is 11.8 Å². The maximum atomic E-state index is 12.2. The summed E-state index contributed by atoms with van der Waals surface area (Å²) in [5.74, 6) is 1.95. The molecule has 1 fully saturated rings. The average Bonchev–Trinajstić information content (AvgIpc) is 2.49. The highest BCUT2D eigenvalue weighted by atomic mass is 32.2. The molecule has 0 radical (unpaired) electrons. The predicted molar refractivity (Wildman–Crippen MR) is 98.3 cm³/mol. The van der Waals surface area contributed by atoms with Crippen LogP contribution in [0.2, 0.25) is 0 Å². The van der Waals surface area contributed by atoms with Crippen LogP contribution in [-0.4, -0.2) is 67.3 Å². The fourth-order valence-electron chi connectivity index (χ4n) is 2.40. The van der Waals surface area contributed by atoms with Gasteiger partial charge in [-0.2, -0.15) is 11.8 Å². The van der Waals surface area contributed by atoms with Crippen LogP contribution in [0.25, 0.3) is 0 Å². The number of likely N-dealkylation sites (tertiary alicyclic amines) is 1. The molecule has 23 heavy (non-hydrogen) atoms. The van der Waals surface area contributed by atoms with Crippen LogP contribution in [-0.2, 0) is 4.74 Å². The summed E-state index contributed by atoms with van der Waals surface area (Å²) < 4.78 is 5.46. The van der Waals surface area contributed by atoms with E-state index in [1.807, 2.05) is 32.5 Å². The summed E-state index contributed by atoms with van der Waals surface area (Å²) in [6, 6.07) is 0.211. The molecule has 0 aromatic heterocycles. The van der Waals surface area contributed by atoms with Crippen molar-refractivity contribution >= 4 is 23.8 Å². The summed E-state index contributed by atoms with van der Waals surface area (Å²) in [6.07, 6.45) is 4.99. The molecule has 1 rings (SSSR count). The Morgan fingerprint density at radius 1 is 1.43 bits per heavy atom. The molecule has 1 saturated heterocycles. The Kier molecular flexibility index (Phi) is 8.58. The molecule has 0 aliphatic carbocycles. The van der Waals surface area contributed by atoms with E-state index in [1.54, 1.807) is 11.9 Å². The van der Waals surface area contributed by atoms with Gasteiger partial charge in [-0.15, -0.1) is 0 Å². The second-order valence-corrected chi connectivity index (χ2v) is 7.74. The smallest absolute Gasteiger partial charge is 0.410 e. The first-order chi connectivity index (χ1) is 10.9. The highest BCUT2D eigenvalue weighted by molar-refractivity contribution is 7.98. The summed E-state index contributed by atoms with van der Waals surface area (Å²) in [5, 5.41) is 6.74. The highest BCUT2D eigenvalue weighted by Gasteiger charge is 2.27. The van der Waals surface area contributed by atoms with Gasteiger partial charge in [0, 0.05) is 32.7 Å². The lowest BCUT2D eigenvalue weighted by Crippen LogP contribution is -2.53. The van der Waals surface area contributed by atoms with Gasteiger partial charge in [0.15, 0.2) is 5.96 Å². The number of carbonyl (C=O) groups excluding carboxylic acids is 1. The van der Waals surface area contributed by atoms with Crippen molar-refractivity contribution in [3.8, 4) is 0 Å². The fraction of sp³-hybridized carbons (Fsp3) is 0.875. The van der Waals surface area contributed by atoms with Crippen LogP contribution < -0.4 is 10.6 Å². The van der Waals surface area contributed by atoms with Crippen LogP contribution in [0.15, 0.2) is 4.99 Å². The molecule has 6 nitrogen and oxygen atoms in total. The summed E-state index contributed by atoms with van der Waals surface area (Å²) in [5.41, 5.74) is -0.452. The Balaban J connectivity index is 2.43. The molecule has 1 aliphatic rings. The van der Waals surface area contributed by atoms with Crippen molar-refractivity contribution in [3.05, 3.63) is 0 Å². The molecule has 0 aromatic rings. The van der Waals surface area contributed by atoms with Gasteiger partial charge in [0.05, 0.1) is 0 Å². The normalized spacial score (nSPS) is 19.4. The molecule has 0 aromatic carbocycles. The second-order valence-electron chi connectivity index (χ2n) is 6.76. The number of amides is 1. The van der Waals surface area contributed by atoms with Gasteiger partial charge in [0.2, 0.25) is 0 Å². The van der Waals surface area contributed by atoms with E-state index in [4.69, 9.17) is 4.74 Å². The van der Waals surface area contributed by atoms with E-state index in [0.717, 1.165) is 44.1 Å². The molecule has 1 atom stereocenters. The number of thioether (sulfide) groups is 1. The van der Waals surface area contributed by atoms with Crippen LogP contribution in [0.5, 0.6) is 0 Å². The van der Waals surface area contributed by atoms with Gasteiger partial charge in [-0.25, -0.2) is 4.79 Å². The van der Waals surface area contributed by atoms with E-state index < -0.39 is 5.60 Å². The molecule has 1 heterocycles. The molecule has 0 spiro atoms. The maximum absolute atomic E-state index is 12.2. The van der Waals surface area contributed by atoms with Gasteiger partial charge in [0.1, 0.15) is 5.60 Å². The lowest BCUT2D eigenvalue weighted by atomic mass is 10.1. The van der Waals surface area contributed by atoms with Crippen LogP contribution in [0, 0.1) is 0 Å². The van der Waals surface area contributed by atoms with Crippen molar-refractivity contribution in [2.75, 3.05) is 38.7 Å². The van der Waals surface area contributed by atoms with Crippen LogP contribution in [0.1, 0.15) is 40.0 Å². The molecule has 2 N–H and O–H groups in total. The van der Waals surface area contributed by atoms with Crippen molar-refractivity contribution in [1.82, 2.24) is 15.5 Å². The first kappa shape index (κ1) is 19.9. The Labute approximate surface area is 144 Å². The van der Waals surface area contributed by atoms with Gasteiger partial charge >= 0.3 is 6.09 Å². The first-order valence-electron chi connectivity index (χ1n) is 8.29. The van der Waals surface area contributed by atoms with Gasteiger partial charge in [-0.3, -0.25) is 4.99 Å². The van der Waals surface area contributed by atoms with Gasteiger partial charge < -0.3 is 20.3 Å². The Morgan fingerprint density at radius 3 is 2.78 bits per heavy atom. The predicted octanol–water partition coefficient (Wildman–Crippen LogP) is 2.30. The number of hydrogen-bond acceptors (Lipinski definition) is 4. The number of nitrogens with zero attached hydrogens (tertiary/aromatic N) is 2. The number of hydrogen-bond donors (Lipinski definition) is 2. The molecule has 1 aliphatic heterocycles. The van der Waals surface area contributed by atoms with Crippen LogP contribution in [0.4, 0.5) is 4.79 Å². The third-order valence-corrected chi connectivity index (χ3v) is 4.15. The molecular weight excluding hydrogens is 312 g/mol. The number of guanidine groups is 1. The van der Waals surface area contributed by atoms with Gasteiger partial charge in [-0.1, -0.05) is 0 Å². The van der Waals surface area contributed by atoms with Crippen molar-refractivity contribution in [1.29, 1.82) is 0 Å². The molecule has 0 saturated carbocycles. The van der Waals surface area contributed by atoms with E-state index in [1.165, 1.54) is 0 Å². The fourth-order valence-corrected chi connectivity index (χ4v) is 2.83. The minimum Gasteiger partial charge on any atom is -0.444 e. The maximum Gasteiger partial charge on any atom is 0.410 e. The third-order valence-electron chi connectivity index (χ3n) is 3.46. The molecule has 0 bridgehead atoms. The minimum atomic E-state index is -0.452. The van der Waals surface area contributed by atoms with Crippen LogP contribution in [0.3, 0.4) is 0 Å². The van der Waals surface area contributed by atoms with Crippen molar-refractivity contribution < 1.29 is 9.53 Å². The average molecular weight is 345 g/mol. The molecule has 1 unspecified atom stereocenters. The van der Waals surface area contributed by atoms with E-state index in [0.29, 0.717) is 6.54 Å².